The lowest BCUT2D eigenvalue weighted by Crippen LogP contribution is -2.17. The maximum Gasteiger partial charge on any atom is 0.180 e. The molecule has 0 aromatic heterocycles. The van der Waals surface area contributed by atoms with Crippen molar-refractivity contribution >= 4 is 5.78 Å². The summed E-state index contributed by atoms with van der Waals surface area (Å²) in [5, 5.41) is 9.05. The monoisotopic (exact) mass is 257 g/mol. The summed E-state index contributed by atoms with van der Waals surface area (Å²) < 4.78 is 0. The lowest BCUT2D eigenvalue weighted by Gasteiger charge is -2.22. The quantitative estimate of drug-likeness (QED) is 0.756. The van der Waals surface area contributed by atoms with E-state index < -0.39 is 5.92 Å². The number of nitrogens with zero attached hydrogens (tertiary/aromatic N) is 1. The van der Waals surface area contributed by atoms with Crippen molar-refractivity contribution in [1.29, 1.82) is 5.26 Å². The van der Waals surface area contributed by atoms with Crippen LogP contribution in [0.2, 0.25) is 0 Å². The summed E-state index contributed by atoms with van der Waals surface area (Å²) in [6.07, 6.45) is 0.565. The molecule has 0 amide bonds. The molecule has 0 aliphatic rings. The van der Waals surface area contributed by atoms with E-state index >= 15 is 0 Å². The third-order valence-electron chi connectivity index (χ3n) is 3.53. The van der Waals surface area contributed by atoms with Gasteiger partial charge in [-0.3, -0.25) is 4.79 Å². The summed E-state index contributed by atoms with van der Waals surface area (Å²) in [6.45, 7) is 12.3. The molecule has 19 heavy (non-hydrogen) atoms. The number of hydrogen-bond donors (Lipinski definition) is 0. The van der Waals surface area contributed by atoms with Gasteiger partial charge in [-0.15, -0.1) is 0 Å². The molecule has 0 heterocycles. The van der Waals surface area contributed by atoms with Crippen molar-refractivity contribution in [2.24, 2.45) is 5.92 Å². The van der Waals surface area contributed by atoms with Gasteiger partial charge in [0.15, 0.2) is 5.78 Å². The molecule has 1 unspecified atom stereocenters. The number of ketones is 1. The van der Waals surface area contributed by atoms with E-state index in [0.29, 0.717) is 6.42 Å². The number of Topliss-reactive ketones (excluding diaryl/α,β-unsaturated/α-hetero) is 1. The zero-order valence-electron chi connectivity index (χ0n) is 12.8. The number of rotatable bonds is 3. The van der Waals surface area contributed by atoms with Gasteiger partial charge in [-0.25, -0.2) is 0 Å². The Morgan fingerprint density at radius 3 is 2.05 bits per heavy atom. The van der Waals surface area contributed by atoms with Crippen LogP contribution >= 0.6 is 0 Å². The van der Waals surface area contributed by atoms with Crippen LogP contribution < -0.4 is 0 Å². The van der Waals surface area contributed by atoms with E-state index in [9.17, 15) is 4.79 Å². The van der Waals surface area contributed by atoms with E-state index in [2.05, 4.69) is 39.0 Å². The Hall–Kier alpha value is -1.62. The van der Waals surface area contributed by atoms with E-state index in [0.717, 1.165) is 16.7 Å². The van der Waals surface area contributed by atoms with Crippen molar-refractivity contribution in [3.05, 3.63) is 34.4 Å². The molecule has 0 aliphatic heterocycles. The highest BCUT2D eigenvalue weighted by Crippen LogP contribution is 2.28. The summed E-state index contributed by atoms with van der Waals surface area (Å²) in [4.78, 5) is 12.4. The Bertz CT molecular complexity index is 506. The van der Waals surface area contributed by atoms with Crippen LogP contribution in [-0.4, -0.2) is 5.78 Å². The minimum atomic E-state index is -0.530. The minimum absolute atomic E-state index is 0.0412. The zero-order valence-corrected chi connectivity index (χ0v) is 12.8. The van der Waals surface area contributed by atoms with Gasteiger partial charge in [0.1, 0.15) is 5.92 Å². The molecule has 102 valence electrons. The van der Waals surface area contributed by atoms with E-state index in [-0.39, 0.29) is 11.2 Å². The van der Waals surface area contributed by atoms with Gasteiger partial charge in [0.2, 0.25) is 0 Å². The van der Waals surface area contributed by atoms with Crippen molar-refractivity contribution in [2.75, 3.05) is 0 Å². The first-order valence-electron chi connectivity index (χ1n) is 6.78. The molecule has 2 nitrogen and oxygen atoms in total. The number of nitriles is 1. The molecule has 0 N–H and O–H groups in total. The zero-order chi connectivity index (χ0) is 14.8. The number of carbonyl (C=O) groups is 1. The van der Waals surface area contributed by atoms with Crippen LogP contribution in [0.25, 0.3) is 0 Å². The second-order valence-electron chi connectivity index (χ2n) is 6.19. The van der Waals surface area contributed by atoms with E-state index in [1.54, 1.807) is 0 Å². The first-order valence-corrected chi connectivity index (χ1v) is 6.78. The molecule has 0 aliphatic carbocycles. The smallest absolute Gasteiger partial charge is 0.180 e. The average Bonchev–Trinajstić information content (AvgIpc) is 2.28. The van der Waals surface area contributed by atoms with Gasteiger partial charge in [0.05, 0.1) is 6.07 Å². The Kier molecular flexibility index (Phi) is 4.52. The first-order chi connectivity index (χ1) is 8.72. The molecular weight excluding hydrogens is 234 g/mol. The van der Waals surface area contributed by atoms with E-state index in [1.807, 2.05) is 20.8 Å². The van der Waals surface area contributed by atoms with E-state index in [4.69, 9.17) is 5.26 Å². The standard InChI is InChI=1S/C17H23NO/c1-7-13(10-18)16(19)15-11(2)8-14(9-12(15)3)17(4,5)6/h8-9,13H,7H2,1-6H3. The predicted octanol–water partition coefficient (Wildman–Crippen LogP) is 4.33. The highest BCUT2D eigenvalue weighted by atomic mass is 16.1. The number of carbonyl (C=O) groups excluding carboxylic acids is 1. The Morgan fingerprint density at radius 2 is 1.74 bits per heavy atom. The molecule has 1 rings (SSSR count). The van der Waals surface area contributed by atoms with Gasteiger partial charge >= 0.3 is 0 Å². The highest BCUT2D eigenvalue weighted by Gasteiger charge is 2.23. The summed E-state index contributed by atoms with van der Waals surface area (Å²) >= 11 is 0. The first kappa shape index (κ1) is 15.4. The van der Waals surface area contributed by atoms with Crippen LogP contribution in [0, 0.1) is 31.1 Å². The molecule has 2 heteroatoms. The molecule has 0 saturated carbocycles. The molecule has 1 aromatic rings. The second kappa shape index (κ2) is 5.57. The molecule has 0 saturated heterocycles. The van der Waals surface area contributed by atoms with Crippen LogP contribution in [0.3, 0.4) is 0 Å². The molecule has 1 aromatic carbocycles. The van der Waals surface area contributed by atoms with Gasteiger partial charge in [-0.2, -0.15) is 5.26 Å². The summed E-state index contributed by atoms with van der Waals surface area (Å²) in [5.74, 6) is -0.571. The number of benzene rings is 1. The fraction of sp³-hybridized carbons (Fsp3) is 0.529. The molecule has 0 fully saturated rings. The van der Waals surface area contributed by atoms with Crippen molar-refractivity contribution in [2.45, 2.75) is 53.4 Å². The molecule has 0 bridgehead atoms. The van der Waals surface area contributed by atoms with Gasteiger partial charge in [0.25, 0.3) is 0 Å². The summed E-state index contributed by atoms with van der Waals surface area (Å²) in [7, 11) is 0. The van der Waals surface area contributed by atoms with Gasteiger partial charge in [0, 0.05) is 5.56 Å². The molecular formula is C17H23NO. The van der Waals surface area contributed by atoms with Crippen LogP contribution in [0.4, 0.5) is 0 Å². The van der Waals surface area contributed by atoms with Gasteiger partial charge in [-0.05, 0) is 42.4 Å². The molecule has 0 radical (unpaired) electrons. The van der Waals surface area contributed by atoms with Crippen LogP contribution in [-0.2, 0) is 5.41 Å². The lowest BCUT2D eigenvalue weighted by molar-refractivity contribution is 0.0945. The Morgan fingerprint density at radius 1 is 1.26 bits per heavy atom. The van der Waals surface area contributed by atoms with Crippen molar-refractivity contribution < 1.29 is 4.79 Å². The van der Waals surface area contributed by atoms with Crippen molar-refractivity contribution in [3.8, 4) is 6.07 Å². The summed E-state index contributed by atoms with van der Waals surface area (Å²) in [6, 6.07) is 6.25. The Labute approximate surface area is 116 Å². The second-order valence-corrected chi connectivity index (χ2v) is 6.19. The van der Waals surface area contributed by atoms with Gasteiger partial charge < -0.3 is 0 Å². The van der Waals surface area contributed by atoms with Crippen molar-refractivity contribution in [3.63, 3.8) is 0 Å². The highest BCUT2D eigenvalue weighted by molar-refractivity contribution is 6.01. The fourth-order valence-electron chi connectivity index (χ4n) is 2.29. The van der Waals surface area contributed by atoms with Gasteiger partial charge in [-0.1, -0.05) is 39.8 Å². The molecule has 1 atom stereocenters. The van der Waals surface area contributed by atoms with Crippen molar-refractivity contribution in [1.82, 2.24) is 0 Å². The van der Waals surface area contributed by atoms with Crippen LogP contribution in [0.1, 0.15) is 61.2 Å². The maximum atomic E-state index is 12.4. The fourth-order valence-corrected chi connectivity index (χ4v) is 2.29. The molecule has 0 spiro atoms. The number of aryl methyl sites for hydroxylation is 2. The normalized spacial score (nSPS) is 12.9. The largest absolute Gasteiger partial charge is 0.293 e. The average molecular weight is 257 g/mol. The lowest BCUT2D eigenvalue weighted by atomic mass is 9.82. The Balaban J connectivity index is 3.33. The SMILES string of the molecule is CCC(C#N)C(=O)c1c(C)cc(C(C)(C)C)cc1C. The maximum absolute atomic E-state index is 12.4. The van der Waals surface area contributed by atoms with Crippen LogP contribution in [0.15, 0.2) is 12.1 Å². The third-order valence-corrected chi connectivity index (χ3v) is 3.53. The predicted molar refractivity (Wildman–Crippen MR) is 78.3 cm³/mol. The topological polar surface area (TPSA) is 40.9 Å². The summed E-state index contributed by atoms with van der Waals surface area (Å²) in [5.41, 5.74) is 3.97. The third kappa shape index (κ3) is 3.23. The number of hydrogen-bond acceptors (Lipinski definition) is 2. The van der Waals surface area contributed by atoms with E-state index in [1.165, 1.54) is 5.56 Å². The minimum Gasteiger partial charge on any atom is -0.293 e. The van der Waals surface area contributed by atoms with Crippen LogP contribution in [0.5, 0.6) is 0 Å².